The van der Waals surface area contributed by atoms with Crippen LogP contribution in [0, 0.1) is 0 Å². The average molecular weight is 338 g/mol. The highest BCUT2D eigenvalue weighted by atomic mass is 32.2. The predicted octanol–water partition coefficient (Wildman–Crippen LogP) is 2.68. The fraction of sp³-hybridized carbons (Fsp3) is 0.588. The van der Waals surface area contributed by atoms with Gasteiger partial charge < -0.3 is 5.32 Å². The summed E-state index contributed by atoms with van der Waals surface area (Å²) in [6.45, 7) is 7.36. The second-order valence-corrected chi connectivity index (χ2v) is 8.82. The van der Waals surface area contributed by atoms with Crippen molar-refractivity contribution in [2.75, 3.05) is 18.1 Å². The second-order valence-electron chi connectivity index (χ2n) is 6.81. The lowest BCUT2D eigenvalue weighted by molar-refractivity contribution is -0.122. The number of carbonyl (C=O) groups excluding carboxylic acids is 1. The summed E-state index contributed by atoms with van der Waals surface area (Å²) in [6.07, 6.45) is 3.97. The van der Waals surface area contributed by atoms with Crippen LogP contribution in [0.4, 0.5) is 5.69 Å². The van der Waals surface area contributed by atoms with Crippen molar-refractivity contribution in [3.05, 3.63) is 24.3 Å². The van der Waals surface area contributed by atoms with Gasteiger partial charge in [-0.2, -0.15) is 0 Å². The summed E-state index contributed by atoms with van der Waals surface area (Å²) >= 11 is 0. The first kappa shape index (κ1) is 17.9. The van der Waals surface area contributed by atoms with Crippen LogP contribution in [0.25, 0.3) is 0 Å². The van der Waals surface area contributed by atoms with Gasteiger partial charge in [-0.1, -0.05) is 13.0 Å². The number of anilines is 1. The third kappa shape index (κ3) is 4.12. The number of sulfone groups is 1. The molecule has 0 aliphatic carbocycles. The zero-order valence-corrected chi connectivity index (χ0v) is 15.1. The molecule has 6 heteroatoms. The molecule has 1 N–H and O–H groups in total. The van der Waals surface area contributed by atoms with Crippen LogP contribution in [0.1, 0.15) is 40.0 Å². The molecule has 1 amide bonds. The monoisotopic (exact) mass is 338 g/mol. The molecule has 0 saturated carbocycles. The van der Waals surface area contributed by atoms with E-state index >= 15 is 0 Å². The Bertz CT molecular complexity index is 683. The van der Waals surface area contributed by atoms with Crippen molar-refractivity contribution in [3.8, 4) is 0 Å². The van der Waals surface area contributed by atoms with Crippen molar-refractivity contribution >= 4 is 21.4 Å². The van der Waals surface area contributed by atoms with E-state index in [1.807, 2.05) is 0 Å². The molecular formula is C17H26N2O3S. The Morgan fingerprint density at radius 2 is 2.09 bits per heavy atom. The zero-order valence-electron chi connectivity index (χ0n) is 14.3. The maximum atomic E-state index is 12.6. The zero-order chi connectivity index (χ0) is 17.3. The highest BCUT2D eigenvalue weighted by molar-refractivity contribution is 7.90. The Kier molecular flexibility index (Phi) is 5.16. The Balaban J connectivity index is 2.16. The molecule has 0 spiro atoms. The summed E-state index contributed by atoms with van der Waals surface area (Å²) in [5.41, 5.74) is 0.506. The number of likely N-dealkylation sites (tertiary alicyclic amines) is 1. The topological polar surface area (TPSA) is 66.5 Å². The van der Waals surface area contributed by atoms with E-state index in [0.29, 0.717) is 5.69 Å². The van der Waals surface area contributed by atoms with E-state index in [1.165, 1.54) is 12.1 Å². The number of hydrogen-bond donors (Lipinski definition) is 1. The summed E-state index contributed by atoms with van der Waals surface area (Å²) in [5.74, 6) is -0.0605. The first-order chi connectivity index (χ1) is 10.6. The van der Waals surface area contributed by atoms with E-state index in [4.69, 9.17) is 0 Å². The normalized spacial score (nSPS) is 19.7. The number of rotatable bonds is 5. The summed E-state index contributed by atoms with van der Waals surface area (Å²) < 4.78 is 23.3. The predicted molar refractivity (Wildman–Crippen MR) is 92.3 cm³/mol. The maximum Gasteiger partial charge on any atom is 0.241 e. The van der Waals surface area contributed by atoms with Crippen molar-refractivity contribution in [1.82, 2.24) is 4.90 Å². The third-order valence-electron chi connectivity index (χ3n) is 4.73. The molecule has 1 aliphatic heterocycles. The molecule has 0 aromatic heterocycles. The van der Waals surface area contributed by atoms with Gasteiger partial charge in [-0.05, 0) is 57.9 Å². The van der Waals surface area contributed by atoms with Gasteiger partial charge in [0.1, 0.15) is 0 Å². The third-order valence-corrected chi connectivity index (χ3v) is 5.84. The van der Waals surface area contributed by atoms with Gasteiger partial charge in [-0.3, -0.25) is 9.69 Å². The fourth-order valence-electron chi connectivity index (χ4n) is 3.00. The Morgan fingerprint density at radius 3 is 2.70 bits per heavy atom. The van der Waals surface area contributed by atoms with Gasteiger partial charge >= 0.3 is 0 Å². The van der Waals surface area contributed by atoms with E-state index in [9.17, 15) is 13.2 Å². The van der Waals surface area contributed by atoms with Crippen molar-refractivity contribution in [2.45, 2.75) is 56.5 Å². The van der Waals surface area contributed by atoms with Crippen LogP contribution in [-0.4, -0.2) is 43.6 Å². The first-order valence-electron chi connectivity index (χ1n) is 8.03. The first-order valence-corrected chi connectivity index (χ1v) is 9.92. The highest BCUT2D eigenvalue weighted by Crippen LogP contribution is 2.29. The fourth-order valence-corrected chi connectivity index (χ4v) is 3.66. The average Bonchev–Trinajstić information content (AvgIpc) is 2.97. The Hall–Kier alpha value is -1.40. The number of carbonyl (C=O) groups is 1. The van der Waals surface area contributed by atoms with E-state index in [-0.39, 0.29) is 22.4 Å². The maximum absolute atomic E-state index is 12.6. The van der Waals surface area contributed by atoms with Crippen LogP contribution in [0.2, 0.25) is 0 Å². The van der Waals surface area contributed by atoms with Gasteiger partial charge in [-0.25, -0.2) is 8.42 Å². The molecular weight excluding hydrogens is 312 g/mol. The summed E-state index contributed by atoms with van der Waals surface area (Å²) in [4.78, 5) is 15.1. The lowest BCUT2D eigenvalue weighted by Crippen LogP contribution is -2.50. The van der Waals surface area contributed by atoms with Gasteiger partial charge in [0.2, 0.25) is 5.91 Å². The van der Waals surface area contributed by atoms with Crippen molar-refractivity contribution < 1.29 is 13.2 Å². The molecule has 2 rings (SSSR count). The minimum absolute atomic E-state index is 0.0207. The van der Waals surface area contributed by atoms with Crippen LogP contribution in [0.5, 0.6) is 0 Å². The quantitative estimate of drug-likeness (QED) is 0.896. The molecule has 1 saturated heterocycles. The number of nitrogens with one attached hydrogen (secondary N) is 1. The van der Waals surface area contributed by atoms with Gasteiger partial charge in [0.15, 0.2) is 9.84 Å². The molecule has 1 atom stereocenters. The SMILES string of the molecule is CCC(C)(C)N1CCCC1C(=O)Nc1cccc(S(C)(=O)=O)c1. The minimum Gasteiger partial charge on any atom is -0.325 e. The Labute approximate surface area is 139 Å². The molecule has 0 bridgehead atoms. The lowest BCUT2D eigenvalue weighted by Gasteiger charge is -2.38. The second kappa shape index (κ2) is 6.61. The lowest BCUT2D eigenvalue weighted by atomic mass is 9.98. The molecule has 5 nitrogen and oxygen atoms in total. The standard InChI is InChI=1S/C17H26N2O3S/c1-5-17(2,3)19-11-7-10-15(19)16(20)18-13-8-6-9-14(12-13)23(4,21)22/h6,8-9,12,15H,5,7,10-11H2,1-4H3,(H,18,20). The van der Waals surface area contributed by atoms with E-state index in [1.54, 1.807) is 12.1 Å². The summed E-state index contributed by atoms with van der Waals surface area (Å²) in [6, 6.07) is 6.25. The van der Waals surface area contributed by atoms with E-state index in [2.05, 4.69) is 31.0 Å². The van der Waals surface area contributed by atoms with Crippen molar-refractivity contribution in [1.29, 1.82) is 0 Å². The van der Waals surface area contributed by atoms with Gasteiger partial charge in [0, 0.05) is 17.5 Å². The van der Waals surface area contributed by atoms with Crippen LogP contribution < -0.4 is 5.32 Å². The van der Waals surface area contributed by atoms with E-state index < -0.39 is 9.84 Å². The van der Waals surface area contributed by atoms with E-state index in [0.717, 1.165) is 32.1 Å². The Morgan fingerprint density at radius 1 is 1.39 bits per heavy atom. The smallest absolute Gasteiger partial charge is 0.241 e. The molecule has 1 aliphatic rings. The van der Waals surface area contributed by atoms with Crippen LogP contribution in [0.3, 0.4) is 0 Å². The molecule has 23 heavy (non-hydrogen) atoms. The largest absolute Gasteiger partial charge is 0.325 e. The number of hydrogen-bond acceptors (Lipinski definition) is 4. The number of amides is 1. The molecule has 1 heterocycles. The molecule has 1 fully saturated rings. The van der Waals surface area contributed by atoms with Gasteiger partial charge in [-0.15, -0.1) is 0 Å². The highest BCUT2D eigenvalue weighted by Gasteiger charge is 2.38. The molecule has 1 aromatic carbocycles. The molecule has 1 unspecified atom stereocenters. The van der Waals surface area contributed by atoms with Crippen molar-refractivity contribution in [2.24, 2.45) is 0 Å². The summed E-state index contributed by atoms with van der Waals surface area (Å²) in [5, 5.41) is 2.88. The molecule has 128 valence electrons. The molecule has 0 radical (unpaired) electrons. The molecule has 1 aromatic rings. The van der Waals surface area contributed by atoms with Crippen molar-refractivity contribution in [3.63, 3.8) is 0 Å². The van der Waals surface area contributed by atoms with Crippen LogP contribution in [-0.2, 0) is 14.6 Å². The van der Waals surface area contributed by atoms with Gasteiger partial charge in [0.05, 0.1) is 10.9 Å². The van der Waals surface area contributed by atoms with Crippen LogP contribution in [0.15, 0.2) is 29.2 Å². The number of benzene rings is 1. The van der Waals surface area contributed by atoms with Crippen LogP contribution >= 0.6 is 0 Å². The van der Waals surface area contributed by atoms with Gasteiger partial charge in [0.25, 0.3) is 0 Å². The number of nitrogens with zero attached hydrogens (tertiary/aromatic N) is 1. The minimum atomic E-state index is -3.28. The summed E-state index contributed by atoms with van der Waals surface area (Å²) in [7, 11) is -3.28.